The van der Waals surface area contributed by atoms with E-state index in [1.807, 2.05) is 6.92 Å². The summed E-state index contributed by atoms with van der Waals surface area (Å²) in [6.07, 6.45) is 2.56. The predicted octanol–water partition coefficient (Wildman–Crippen LogP) is 1.68. The standard InChI is InChI=1S/C13H15NO4/c1-9-7-10(4-6-13(16)17)3-5-11(9)14-12(15)8-18-2/h3-7H,8H2,1-2H3,(H,14,15)(H,16,17)/b6-4+. The molecular weight excluding hydrogens is 234 g/mol. The number of methoxy groups -OCH3 is 1. The molecule has 2 N–H and O–H groups in total. The number of carboxylic acid groups (broad SMARTS) is 1. The maximum absolute atomic E-state index is 11.3. The summed E-state index contributed by atoms with van der Waals surface area (Å²) in [5.74, 6) is -1.22. The van der Waals surface area contributed by atoms with Gasteiger partial charge in [0, 0.05) is 18.9 Å². The Morgan fingerprint density at radius 2 is 2.17 bits per heavy atom. The van der Waals surface area contributed by atoms with Gasteiger partial charge >= 0.3 is 5.97 Å². The molecule has 0 aromatic heterocycles. The molecule has 0 fully saturated rings. The number of aryl methyl sites for hydroxylation is 1. The molecule has 1 rings (SSSR count). The molecule has 0 atom stereocenters. The maximum Gasteiger partial charge on any atom is 0.328 e. The summed E-state index contributed by atoms with van der Waals surface area (Å²) in [7, 11) is 1.45. The van der Waals surface area contributed by atoms with Gasteiger partial charge in [-0.2, -0.15) is 0 Å². The van der Waals surface area contributed by atoms with Gasteiger partial charge in [0.15, 0.2) is 0 Å². The fourth-order valence-electron chi connectivity index (χ4n) is 1.42. The predicted molar refractivity (Wildman–Crippen MR) is 68.4 cm³/mol. The lowest BCUT2D eigenvalue weighted by atomic mass is 10.1. The number of carboxylic acids is 1. The zero-order valence-electron chi connectivity index (χ0n) is 10.3. The molecule has 18 heavy (non-hydrogen) atoms. The number of hydrogen-bond acceptors (Lipinski definition) is 3. The number of amides is 1. The minimum atomic E-state index is -0.995. The Bertz CT molecular complexity index is 480. The molecule has 0 aliphatic rings. The van der Waals surface area contributed by atoms with E-state index in [1.54, 1.807) is 18.2 Å². The lowest BCUT2D eigenvalue weighted by Gasteiger charge is -2.08. The van der Waals surface area contributed by atoms with E-state index in [2.05, 4.69) is 5.32 Å². The highest BCUT2D eigenvalue weighted by Gasteiger charge is 2.04. The van der Waals surface area contributed by atoms with Crippen molar-refractivity contribution >= 4 is 23.6 Å². The van der Waals surface area contributed by atoms with Crippen LogP contribution in [0.2, 0.25) is 0 Å². The molecule has 0 heterocycles. The van der Waals surface area contributed by atoms with Gasteiger partial charge in [0.1, 0.15) is 6.61 Å². The highest BCUT2D eigenvalue weighted by atomic mass is 16.5. The quantitative estimate of drug-likeness (QED) is 0.778. The molecule has 5 nitrogen and oxygen atoms in total. The first-order valence-corrected chi connectivity index (χ1v) is 5.33. The fraction of sp³-hybridized carbons (Fsp3) is 0.231. The van der Waals surface area contributed by atoms with Crippen LogP contribution >= 0.6 is 0 Å². The van der Waals surface area contributed by atoms with Crippen molar-refractivity contribution < 1.29 is 19.4 Å². The van der Waals surface area contributed by atoms with Gasteiger partial charge in [0.2, 0.25) is 5.91 Å². The van der Waals surface area contributed by atoms with E-state index in [0.29, 0.717) is 5.69 Å². The van der Waals surface area contributed by atoms with Gasteiger partial charge < -0.3 is 15.2 Å². The Morgan fingerprint density at radius 3 is 2.72 bits per heavy atom. The SMILES string of the molecule is COCC(=O)Nc1ccc(/C=C/C(=O)O)cc1C. The molecule has 1 aromatic carbocycles. The van der Waals surface area contributed by atoms with Crippen LogP contribution < -0.4 is 5.32 Å². The van der Waals surface area contributed by atoms with E-state index in [9.17, 15) is 9.59 Å². The minimum absolute atomic E-state index is 0.000108. The van der Waals surface area contributed by atoms with Crippen LogP contribution in [0.5, 0.6) is 0 Å². The van der Waals surface area contributed by atoms with E-state index in [4.69, 9.17) is 9.84 Å². The number of nitrogens with one attached hydrogen (secondary N) is 1. The summed E-state index contributed by atoms with van der Waals surface area (Å²) < 4.78 is 4.72. The Kier molecular flexibility index (Phi) is 5.07. The summed E-state index contributed by atoms with van der Waals surface area (Å²) in [6, 6.07) is 5.25. The number of benzene rings is 1. The molecular formula is C13H15NO4. The molecule has 0 unspecified atom stereocenters. The van der Waals surface area contributed by atoms with Crippen molar-refractivity contribution in [1.82, 2.24) is 0 Å². The molecule has 0 saturated heterocycles. The van der Waals surface area contributed by atoms with Crippen LogP contribution in [-0.4, -0.2) is 30.7 Å². The van der Waals surface area contributed by atoms with Crippen LogP contribution in [0.15, 0.2) is 24.3 Å². The maximum atomic E-state index is 11.3. The first-order chi connectivity index (χ1) is 8.52. The van der Waals surface area contributed by atoms with Gasteiger partial charge in [-0.05, 0) is 36.3 Å². The number of aliphatic carboxylic acids is 1. The van der Waals surface area contributed by atoms with E-state index < -0.39 is 5.97 Å². The Morgan fingerprint density at radius 1 is 1.44 bits per heavy atom. The van der Waals surface area contributed by atoms with Crippen LogP contribution in [0.1, 0.15) is 11.1 Å². The fourth-order valence-corrected chi connectivity index (χ4v) is 1.42. The zero-order valence-corrected chi connectivity index (χ0v) is 10.3. The smallest absolute Gasteiger partial charge is 0.328 e. The Balaban J connectivity index is 2.79. The van der Waals surface area contributed by atoms with E-state index in [-0.39, 0.29) is 12.5 Å². The Labute approximate surface area is 105 Å². The molecule has 0 aliphatic heterocycles. The number of anilines is 1. The summed E-state index contributed by atoms with van der Waals surface area (Å²) in [6.45, 7) is 1.83. The van der Waals surface area contributed by atoms with Crippen LogP contribution in [-0.2, 0) is 14.3 Å². The molecule has 5 heteroatoms. The third kappa shape index (κ3) is 4.39. The molecule has 96 valence electrons. The molecule has 1 amide bonds. The van der Waals surface area contributed by atoms with Crippen molar-refractivity contribution in [2.75, 3.05) is 19.0 Å². The van der Waals surface area contributed by atoms with Crippen LogP contribution in [0.4, 0.5) is 5.69 Å². The number of carbonyl (C=O) groups excluding carboxylic acids is 1. The van der Waals surface area contributed by atoms with Gasteiger partial charge in [-0.3, -0.25) is 4.79 Å². The number of rotatable bonds is 5. The van der Waals surface area contributed by atoms with E-state index >= 15 is 0 Å². The third-order valence-electron chi connectivity index (χ3n) is 2.22. The van der Waals surface area contributed by atoms with Crippen molar-refractivity contribution in [2.45, 2.75) is 6.92 Å². The largest absolute Gasteiger partial charge is 0.478 e. The second-order valence-corrected chi connectivity index (χ2v) is 3.73. The average molecular weight is 249 g/mol. The first-order valence-electron chi connectivity index (χ1n) is 5.33. The lowest BCUT2D eigenvalue weighted by molar-refractivity contribution is -0.131. The van der Waals surface area contributed by atoms with Crippen LogP contribution in [0.3, 0.4) is 0 Å². The van der Waals surface area contributed by atoms with Gasteiger partial charge in [-0.1, -0.05) is 6.07 Å². The molecule has 0 saturated carbocycles. The normalized spacial score (nSPS) is 10.6. The first kappa shape index (κ1) is 13.9. The van der Waals surface area contributed by atoms with Gasteiger partial charge in [0.05, 0.1) is 0 Å². The molecule has 0 spiro atoms. The number of ether oxygens (including phenoxy) is 1. The molecule has 0 aliphatic carbocycles. The van der Waals surface area contributed by atoms with Gasteiger partial charge in [-0.25, -0.2) is 4.79 Å². The Hall–Kier alpha value is -2.14. The number of carbonyl (C=O) groups is 2. The zero-order chi connectivity index (χ0) is 13.5. The summed E-state index contributed by atoms with van der Waals surface area (Å²) in [4.78, 5) is 21.7. The highest BCUT2D eigenvalue weighted by Crippen LogP contribution is 2.17. The van der Waals surface area contributed by atoms with E-state index in [0.717, 1.165) is 17.2 Å². The van der Waals surface area contributed by atoms with Crippen LogP contribution in [0.25, 0.3) is 6.08 Å². The van der Waals surface area contributed by atoms with Crippen molar-refractivity contribution in [3.8, 4) is 0 Å². The third-order valence-corrected chi connectivity index (χ3v) is 2.22. The average Bonchev–Trinajstić information content (AvgIpc) is 2.30. The molecule has 0 bridgehead atoms. The summed E-state index contributed by atoms with van der Waals surface area (Å²) >= 11 is 0. The van der Waals surface area contributed by atoms with Crippen molar-refractivity contribution in [3.05, 3.63) is 35.4 Å². The topological polar surface area (TPSA) is 75.6 Å². The molecule has 0 radical (unpaired) electrons. The second-order valence-electron chi connectivity index (χ2n) is 3.73. The molecule has 1 aromatic rings. The minimum Gasteiger partial charge on any atom is -0.478 e. The van der Waals surface area contributed by atoms with Crippen molar-refractivity contribution in [1.29, 1.82) is 0 Å². The lowest BCUT2D eigenvalue weighted by Crippen LogP contribution is -2.17. The van der Waals surface area contributed by atoms with Crippen molar-refractivity contribution in [3.63, 3.8) is 0 Å². The van der Waals surface area contributed by atoms with Crippen molar-refractivity contribution in [2.24, 2.45) is 0 Å². The van der Waals surface area contributed by atoms with Gasteiger partial charge in [0.25, 0.3) is 0 Å². The van der Waals surface area contributed by atoms with Crippen LogP contribution in [0, 0.1) is 6.92 Å². The summed E-state index contributed by atoms with van der Waals surface area (Å²) in [5, 5.41) is 11.2. The second kappa shape index (κ2) is 6.56. The highest BCUT2D eigenvalue weighted by molar-refractivity contribution is 5.92. The number of hydrogen-bond donors (Lipinski definition) is 2. The van der Waals surface area contributed by atoms with Gasteiger partial charge in [-0.15, -0.1) is 0 Å². The van der Waals surface area contributed by atoms with E-state index in [1.165, 1.54) is 13.2 Å². The monoisotopic (exact) mass is 249 g/mol. The summed E-state index contributed by atoms with van der Waals surface area (Å²) in [5.41, 5.74) is 2.30.